The SMILES string of the molecule is CCCc1cc(Cl)ccc1C1COc2ccc(C(=O)NS(=O)C(C)C(C)CCC)cc2N(CC2CCC2CC2OCCO2)C1. The van der Waals surface area contributed by atoms with Crippen LogP contribution in [0.2, 0.25) is 5.02 Å². The maximum Gasteiger partial charge on any atom is 0.263 e. The van der Waals surface area contributed by atoms with E-state index in [1.54, 1.807) is 6.07 Å². The van der Waals surface area contributed by atoms with Crippen LogP contribution in [0.4, 0.5) is 5.69 Å². The molecule has 9 heteroatoms. The van der Waals surface area contributed by atoms with Crippen molar-refractivity contribution >= 4 is 34.2 Å². The van der Waals surface area contributed by atoms with E-state index in [-0.39, 0.29) is 29.3 Å². The van der Waals surface area contributed by atoms with Crippen LogP contribution in [0.5, 0.6) is 5.75 Å². The van der Waals surface area contributed by atoms with E-state index in [4.69, 9.17) is 25.8 Å². The van der Waals surface area contributed by atoms with Crippen molar-refractivity contribution in [3.63, 3.8) is 0 Å². The van der Waals surface area contributed by atoms with E-state index in [1.165, 1.54) is 17.5 Å². The summed E-state index contributed by atoms with van der Waals surface area (Å²) in [5.41, 5.74) is 3.96. The van der Waals surface area contributed by atoms with Crippen molar-refractivity contribution in [2.24, 2.45) is 17.8 Å². The highest BCUT2D eigenvalue weighted by atomic mass is 35.5. The zero-order valence-corrected chi connectivity index (χ0v) is 28.3. The van der Waals surface area contributed by atoms with Crippen LogP contribution >= 0.6 is 11.6 Å². The van der Waals surface area contributed by atoms with Gasteiger partial charge in [0.25, 0.3) is 5.91 Å². The quantitative estimate of drug-likeness (QED) is 0.247. The Morgan fingerprint density at radius 2 is 1.84 bits per heavy atom. The number of hydrogen-bond donors (Lipinski definition) is 1. The van der Waals surface area contributed by atoms with Crippen LogP contribution in [0.15, 0.2) is 36.4 Å². The van der Waals surface area contributed by atoms with E-state index in [0.717, 1.165) is 68.1 Å². The number of fused-ring (bicyclic) bond motifs is 1. The zero-order valence-electron chi connectivity index (χ0n) is 26.7. The van der Waals surface area contributed by atoms with Crippen LogP contribution in [-0.4, -0.2) is 54.6 Å². The maximum atomic E-state index is 13.4. The number of nitrogens with one attached hydrogen (secondary N) is 1. The lowest BCUT2D eigenvalue weighted by Crippen LogP contribution is -2.41. The zero-order chi connectivity index (χ0) is 31.2. The predicted octanol–water partition coefficient (Wildman–Crippen LogP) is 7.28. The molecular formula is C35H49ClN2O5S. The second-order valence-corrected chi connectivity index (χ2v) is 14.9. The molecule has 1 saturated carbocycles. The standard InChI is InChI=1S/C35H49ClN2O5S/c1-5-7-23(3)24(4)44(40)37-35(39)27-11-14-33-32(18-27)38(20-28-10-9-25(28)19-34-41-15-16-42-34)21-29(22-43-33)31-13-12-30(36)17-26(31)8-6-2/h11-14,17-18,23-25,28-29,34H,5-10,15-16,19-22H2,1-4H3,(H,37,39). The minimum Gasteiger partial charge on any atom is -0.491 e. The molecule has 6 unspecified atom stereocenters. The van der Waals surface area contributed by atoms with Gasteiger partial charge in [0.15, 0.2) is 6.29 Å². The van der Waals surface area contributed by atoms with Gasteiger partial charge in [-0.2, -0.15) is 0 Å². The molecule has 3 aliphatic rings. The van der Waals surface area contributed by atoms with Gasteiger partial charge in [0.05, 0.1) is 30.8 Å². The lowest BCUT2D eigenvalue weighted by molar-refractivity contribution is -0.0722. The Morgan fingerprint density at radius 1 is 1.07 bits per heavy atom. The number of carbonyl (C=O) groups is 1. The molecule has 2 heterocycles. The van der Waals surface area contributed by atoms with Gasteiger partial charge in [-0.25, -0.2) is 4.21 Å². The van der Waals surface area contributed by atoms with Crippen molar-refractivity contribution in [2.45, 2.75) is 90.1 Å². The van der Waals surface area contributed by atoms with Gasteiger partial charge < -0.3 is 19.1 Å². The molecule has 2 aromatic rings. The number of ether oxygens (including phenoxy) is 3. The van der Waals surface area contributed by atoms with E-state index in [9.17, 15) is 9.00 Å². The average Bonchev–Trinajstić information content (AvgIpc) is 3.46. The molecule has 44 heavy (non-hydrogen) atoms. The number of benzene rings is 2. The number of nitrogens with zero attached hydrogens (tertiary/aromatic N) is 1. The molecule has 1 amide bonds. The number of carbonyl (C=O) groups excluding carboxylic acids is 1. The van der Waals surface area contributed by atoms with E-state index in [2.05, 4.69) is 42.5 Å². The molecule has 1 saturated heterocycles. The van der Waals surface area contributed by atoms with Crippen molar-refractivity contribution in [1.29, 1.82) is 0 Å². The third-order valence-corrected chi connectivity index (χ3v) is 11.6. The Labute approximate surface area is 270 Å². The van der Waals surface area contributed by atoms with E-state index >= 15 is 0 Å². The van der Waals surface area contributed by atoms with E-state index in [0.29, 0.717) is 37.2 Å². The van der Waals surface area contributed by atoms with Crippen molar-refractivity contribution < 1.29 is 23.2 Å². The molecule has 242 valence electrons. The predicted molar refractivity (Wildman–Crippen MR) is 178 cm³/mol. The molecule has 1 aliphatic carbocycles. The Bertz CT molecular complexity index is 1300. The summed E-state index contributed by atoms with van der Waals surface area (Å²) in [6.45, 7) is 11.9. The normalized spacial score (nSPS) is 24.0. The van der Waals surface area contributed by atoms with Crippen LogP contribution < -0.4 is 14.4 Å². The summed E-state index contributed by atoms with van der Waals surface area (Å²) >= 11 is 6.42. The number of aryl methyl sites for hydroxylation is 1. The fraction of sp³-hybridized carbons (Fsp3) is 0.629. The fourth-order valence-corrected chi connectivity index (χ4v) is 8.10. The molecule has 6 atom stereocenters. The minimum absolute atomic E-state index is 0.0976. The van der Waals surface area contributed by atoms with Crippen molar-refractivity contribution in [2.75, 3.05) is 37.8 Å². The molecule has 0 aromatic heterocycles. The lowest BCUT2D eigenvalue weighted by atomic mass is 9.71. The van der Waals surface area contributed by atoms with Crippen LogP contribution in [-0.2, 0) is 26.9 Å². The van der Waals surface area contributed by atoms with Crippen LogP contribution in [0.3, 0.4) is 0 Å². The molecule has 0 spiro atoms. The fourth-order valence-electron chi connectivity index (χ4n) is 6.86. The van der Waals surface area contributed by atoms with Crippen LogP contribution in [0, 0.1) is 17.8 Å². The smallest absolute Gasteiger partial charge is 0.263 e. The van der Waals surface area contributed by atoms with Gasteiger partial charge >= 0.3 is 0 Å². The Kier molecular flexibility index (Phi) is 11.7. The van der Waals surface area contributed by atoms with E-state index < -0.39 is 11.0 Å². The molecule has 5 rings (SSSR count). The first-order valence-electron chi connectivity index (χ1n) is 16.5. The number of halogens is 1. The number of anilines is 1. The van der Waals surface area contributed by atoms with Crippen molar-refractivity contribution in [3.8, 4) is 5.75 Å². The second kappa shape index (κ2) is 15.4. The first kappa shape index (κ1) is 33.2. The highest BCUT2D eigenvalue weighted by Crippen LogP contribution is 2.43. The number of rotatable bonds is 13. The van der Waals surface area contributed by atoms with Gasteiger partial charge in [0.1, 0.15) is 16.7 Å². The Morgan fingerprint density at radius 3 is 2.55 bits per heavy atom. The van der Waals surface area contributed by atoms with Gasteiger partial charge in [0.2, 0.25) is 0 Å². The highest BCUT2D eigenvalue weighted by Gasteiger charge is 2.37. The van der Waals surface area contributed by atoms with Gasteiger partial charge in [-0.1, -0.05) is 51.3 Å². The number of amides is 1. The molecule has 2 aliphatic heterocycles. The summed E-state index contributed by atoms with van der Waals surface area (Å²) < 4.78 is 33.9. The largest absolute Gasteiger partial charge is 0.491 e. The summed E-state index contributed by atoms with van der Waals surface area (Å²) in [4.78, 5) is 15.8. The summed E-state index contributed by atoms with van der Waals surface area (Å²) in [5.74, 6) is 1.90. The average molecular weight is 645 g/mol. The highest BCUT2D eigenvalue weighted by molar-refractivity contribution is 7.84. The molecular weight excluding hydrogens is 596 g/mol. The lowest BCUT2D eigenvalue weighted by Gasteiger charge is -2.41. The summed E-state index contributed by atoms with van der Waals surface area (Å²) in [5, 5.41) is 0.632. The molecule has 0 bridgehead atoms. The minimum atomic E-state index is -1.47. The second-order valence-electron chi connectivity index (χ2n) is 12.9. The van der Waals surface area contributed by atoms with Gasteiger partial charge in [-0.15, -0.1) is 0 Å². The third kappa shape index (κ3) is 7.98. The van der Waals surface area contributed by atoms with Gasteiger partial charge in [0, 0.05) is 36.0 Å². The molecule has 1 N–H and O–H groups in total. The summed E-state index contributed by atoms with van der Waals surface area (Å²) in [7, 11) is -1.47. The van der Waals surface area contributed by atoms with E-state index in [1.807, 2.05) is 25.1 Å². The summed E-state index contributed by atoms with van der Waals surface area (Å²) in [6.07, 6.45) is 7.16. The molecule has 7 nitrogen and oxygen atoms in total. The van der Waals surface area contributed by atoms with Crippen LogP contribution in [0.25, 0.3) is 0 Å². The van der Waals surface area contributed by atoms with Crippen LogP contribution in [0.1, 0.15) is 93.6 Å². The van der Waals surface area contributed by atoms with Gasteiger partial charge in [-0.3, -0.25) is 9.52 Å². The topological polar surface area (TPSA) is 77.1 Å². The van der Waals surface area contributed by atoms with Crippen molar-refractivity contribution in [3.05, 3.63) is 58.1 Å². The molecule has 0 radical (unpaired) electrons. The number of hydrogen-bond acceptors (Lipinski definition) is 6. The first-order valence-corrected chi connectivity index (χ1v) is 18.1. The monoisotopic (exact) mass is 644 g/mol. The van der Waals surface area contributed by atoms with Gasteiger partial charge in [-0.05, 0) is 91.8 Å². The Balaban J connectivity index is 1.40. The summed E-state index contributed by atoms with van der Waals surface area (Å²) in [6, 6.07) is 11.8. The third-order valence-electron chi connectivity index (χ3n) is 9.80. The Hall–Kier alpha value is -2.13. The molecule has 2 aromatic carbocycles. The molecule has 2 fully saturated rings. The van der Waals surface area contributed by atoms with Crippen molar-refractivity contribution in [1.82, 2.24) is 4.72 Å². The first-order chi connectivity index (χ1) is 21.3. The maximum absolute atomic E-state index is 13.4.